The van der Waals surface area contributed by atoms with Gasteiger partial charge in [0.05, 0.1) is 12.1 Å². The van der Waals surface area contributed by atoms with Crippen molar-refractivity contribution in [1.29, 1.82) is 0 Å². The molecule has 2 rings (SSSR count). The van der Waals surface area contributed by atoms with Crippen LogP contribution in [0.1, 0.15) is 18.5 Å². The number of benzene rings is 1. The molecule has 0 aliphatic heterocycles. The molecule has 19 heavy (non-hydrogen) atoms. The van der Waals surface area contributed by atoms with Crippen LogP contribution < -0.4 is 0 Å². The van der Waals surface area contributed by atoms with Crippen molar-refractivity contribution in [2.75, 3.05) is 20.7 Å². The summed E-state index contributed by atoms with van der Waals surface area (Å²) in [5.41, 5.74) is 1.77. The SMILES string of the molecule is CCOC(=O)C(c1cnc2ccccc2c1)N(C)C. The Kier molecular flexibility index (Phi) is 4.12. The van der Waals surface area contributed by atoms with Crippen molar-refractivity contribution in [1.82, 2.24) is 9.88 Å². The normalized spacial score (nSPS) is 12.6. The van der Waals surface area contributed by atoms with E-state index in [2.05, 4.69) is 4.98 Å². The fourth-order valence-electron chi connectivity index (χ4n) is 2.10. The lowest BCUT2D eigenvalue weighted by Gasteiger charge is -2.22. The molecule has 1 atom stereocenters. The zero-order valence-electron chi connectivity index (χ0n) is 11.5. The number of nitrogens with zero attached hydrogens (tertiary/aromatic N) is 2. The summed E-state index contributed by atoms with van der Waals surface area (Å²) < 4.78 is 5.12. The zero-order valence-corrected chi connectivity index (χ0v) is 11.5. The second-order valence-corrected chi connectivity index (χ2v) is 4.58. The Morgan fingerprint density at radius 3 is 2.79 bits per heavy atom. The number of para-hydroxylation sites is 1. The number of pyridine rings is 1. The van der Waals surface area contributed by atoms with Crippen molar-refractivity contribution in [3.05, 3.63) is 42.1 Å². The Bertz CT molecular complexity index is 581. The summed E-state index contributed by atoms with van der Waals surface area (Å²) in [6, 6.07) is 9.42. The lowest BCUT2D eigenvalue weighted by Crippen LogP contribution is -2.29. The van der Waals surface area contributed by atoms with E-state index in [1.807, 2.05) is 56.3 Å². The van der Waals surface area contributed by atoms with Crippen LogP contribution in [0.4, 0.5) is 0 Å². The first-order valence-electron chi connectivity index (χ1n) is 6.31. The molecule has 4 nitrogen and oxygen atoms in total. The zero-order chi connectivity index (χ0) is 13.8. The molecule has 0 fully saturated rings. The molecule has 4 heteroatoms. The average Bonchev–Trinajstić information content (AvgIpc) is 2.38. The molecule has 1 aromatic carbocycles. The number of likely N-dealkylation sites (N-methyl/N-ethyl adjacent to an activating group) is 1. The summed E-state index contributed by atoms with van der Waals surface area (Å²) in [5, 5.41) is 1.02. The van der Waals surface area contributed by atoms with E-state index < -0.39 is 6.04 Å². The lowest BCUT2D eigenvalue weighted by atomic mass is 10.1. The minimum atomic E-state index is -0.419. The quantitative estimate of drug-likeness (QED) is 0.790. The molecule has 100 valence electrons. The van der Waals surface area contributed by atoms with E-state index in [1.54, 1.807) is 6.20 Å². The van der Waals surface area contributed by atoms with Crippen molar-refractivity contribution in [3.8, 4) is 0 Å². The second-order valence-electron chi connectivity index (χ2n) is 4.58. The van der Waals surface area contributed by atoms with Gasteiger partial charge < -0.3 is 4.74 Å². The van der Waals surface area contributed by atoms with Crippen LogP contribution in [-0.4, -0.2) is 36.6 Å². The maximum Gasteiger partial charge on any atom is 0.328 e. The smallest absolute Gasteiger partial charge is 0.328 e. The van der Waals surface area contributed by atoms with Crippen molar-refractivity contribution in [2.45, 2.75) is 13.0 Å². The summed E-state index contributed by atoms with van der Waals surface area (Å²) in [6.07, 6.45) is 1.74. The molecule has 0 radical (unpaired) electrons. The van der Waals surface area contributed by atoms with E-state index >= 15 is 0 Å². The topological polar surface area (TPSA) is 42.4 Å². The molecule has 0 aliphatic carbocycles. The van der Waals surface area contributed by atoms with Crippen LogP contribution in [-0.2, 0) is 9.53 Å². The predicted octanol–water partition coefficient (Wildman–Crippen LogP) is 2.40. The van der Waals surface area contributed by atoms with E-state index in [4.69, 9.17) is 4.74 Å². The maximum absolute atomic E-state index is 12.0. The summed E-state index contributed by atoms with van der Waals surface area (Å²) in [5.74, 6) is -0.246. The van der Waals surface area contributed by atoms with Gasteiger partial charge in [0.1, 0.15) is 6.04 Å². The first kappa shape index (κ1) is 13.5. The van der Waals surface area contributed by atoms with Gasteiger partial charge in [0, 0.05) is 11.6 Å². The van der Waals surface area contributed by atoms with Crippen molar-refractivity contribution >= 4 is 16.9 Å². The van der Waals surface area contributed by atoms with E-state index in [1.165, 1.54) is 0 Å². The Labute approximate surface area is 113 Å². The summed E-state index contributed by atoms with van der Waals surface area (Å²) >= 11 is 0. The van der Waals surface area contributed by atoms with Crippen LogP contribution >= 0.6 is 0 Å². The van der Waals surface area contributed by atoms with Crippen molar-refractivity contribution in [2.24, 2.45) is 0 Å². The highest BCUT2D eigenvalue weighted by atomic mass is 16.5. The number of carbonyl (C=O) groups excluding carboxylic acids is 1. The van der Waals surface area contributed by atoms with Crippen molar-refractivity contribution in [3.63, 3.8) is 0 Å². The van der Waals surface area contributed by atoms with Gasteiger partial charge in [-0.2, -0.15) is 0 Å². The summed E-state index contributed by atoms with van der Waals surface area (Å²) in [7, 11) is 3.72. The molecule has 0 saturated carbocycles. The molecular formula is C15H18N2O2. The van der Waals surface area contributed by atoms with Crippen LogP contribution in [0.2, 0.25) is 0 Å². The molecule has 1 unspecified atom stereocenters. The van der Waals surface area contributed by atoms with Gasteiger partial charge in [-0.15, -0.1) is 0 Å². The molecule has 0 N–H and O–H groups in total. The largest absolute Gasteiger partial charge is 0.465 e. The van der Waals surface area contributed by atoms with Gasteiger partial charge in [0.25, 0.3) is 0 Å². The monoisotopic (exact) mass is 258 g/mol. The first-order chi connectivity index (χ1) is 9.13. The number of rotatable bonds is 4. The molecule has 1 aromatic heterocycles. The number of ether oxygens (including phenoxy) is 1. The van der Waals surface area contributed by atoms with Gasteiger partial charge in [0.15, 0.2) is 0 Å². The van der Waals surface area contributed by atoms with Gasteiger partial charge in [0.2, 0.25) is 0 Å². The average molecular weight is 258 g/mol. The van der Waals surface area contributed by atoms with Gasteiger partial charge in [-0.3, -0.25) is 9.88 Å². The van der Waals surface area contributed by atoms with Gasteiger partial charge in [-0.25, -0.2) is 4.79 Å². The molecule has 0 bridgehead atoms. The predicted molar refractivity (Wildman–Crippen MR) is 74.8 cm³/mol. The van der Waals surface area contributed by atoms with Crippen LogP contribution in [0.5, 0.6) is 0 Å². The number of carbonyl (C=O) groups is 1. The van der Waals surface area contributed by atoms with E-state index in [9.17, 15) is 4.79 Å². The highest BCUT2D eigenvalue weighted by Crippen LogP contribution is 2.22. The molecular weight excluding hydrogens is 240 g/mol. The van der Waals surface area contributed by atoms with E-state index in [0.29, 0.717) is 6.61 Å². The Morgan fingerprint density at radius 1 is 1.37 bits per heavy atom. The van der Waals surface area contributed by atoms with Crippen LogP contribution in [0.3, 0.4) is 0 Å². The third-order valence-corrected chi connectivity index (χ3v) is 2.95. The Hall–Kier alpha value is -1.94. The molecule has 0 aliphatic rings. The number of hydrogen-bond acceptors (Lipinski definition) is 4. The number of aromatic nitrogens is 1. The van der Waals surface area contributed by atoms with E-state index in [0.717, 1.165) is 16.5 Å². The van der Waals surface area contributed by atoms with Gasteiger partial charge in [-0.05, 0) is 38.7 Å². The molecule has 0 saturated heterocycles. The molecule has 2 aromatic rings. The maximum atomic E-state index is 12.0. The minimum absolute atomic E-state index is 0.246. The van der Waals surface area contributed by atoms with Crippen LogP contribution in [0, 0.1) is 0 Å². The molecule has 0 amide bonds. The fourth-order valence-corrected chi connectivity index (χ4v) is 2.10. The first-order valence-corrected chi connectivity index (χ1v) is 6.31. The van der Waals surface area contributed by atoms with Gasteiger partial charge >= 0.3 is 5.97 Å². The second kappa shape index (κ2) is 5.80. The lowest BCUT2D eigenvalue weighted by molar-refractivity contribution is -0.148. The Morgan fingerprint density at radius 2 is 2.11 bits per heavy atom. The summed E-state index contributed by atoms with van der Waals surface area (Å²) in [6.45, 7) is 2.19. The van der Waals surface area contributed by atoms with Gasteiger partial charge in [-0.1, -0.05) is 18.2 Å². The standard InChI is InChI=1S/C15H18N2O2/c1-4-19-15(18)14(17(2)3)12-9-11-7-5-6-8-13(11)16-10-12/h5-10,14H,4H2,1-3H3. The van der Waals surface area contributed by atoms with Crippen LogP contribution in [0.15, 0.2) is 36.5 Å². The number of hydrogen-bond donors (Lipinski definition) is 0. The third-order valence-electron chi connectivity index (χ3n) is 2.95. The number of fused-ring (bicyclic) bond motifs is 1. The highest BCUT2D eigenvalue weighted by Gasteiger charge is 2.24. The van der Waals surface area contributed by atoms with Crippen LogP contribution in [0.25, 0.3) is 10.9 Å². The molecule has 0 spiro atoms. The highest BCUT2D eigenvalue weighted by molar-refractivity contribution is 5.82. The number of esters is 1. The van der Waals surface area contributed by atoms with E-state index in [-0.39, 0.29) is 5.97 Å². The molecule has 1 heterocycles. The fraction of sp³-hybridized carbons (Fsp3) is 0.333. The summed E-state index contributed by atoms with van der Waals surface area (Å²) in [4.78, 5) is 18.3. The minimum Gasteiger partial charge on any atom is -0.465 e. The van der Waals surface area contributed by atoms with Crippen molar-refractivity contribution < 1.29 is 9.53 Å². The third kappa shape index (κ3) is 2.90. The Balaban J connectivity index is 2.41.